The molecule has 3 heterocycles. The Morgan fingerprint density at radius 2 is 1.93 bits per heavy atom. The van der Waals surface area contributed by atoms with E-state index in [1.165, 1.54) is 32.1 Å². The van der Waals surface area contributed by atoms with Crippen molar-refractivity contribution in [3.05, 3.63) is 17.0 Å². The number of carbonyl (C=O) groups excluding carboxylic acids is 2. The first-order chi connectivity index (χ1) is 13.0. The molecule has 0 bridgehead atoms. The summed E-state index contributed by atoms with van der Waals surface area (Å²) in [5, 5.41) is 3.91. The Labute approximate surface area is 161 Å². The molecule has 1 aromatic heterocycles. The maximum absolute atomic E-state index is 13.4. The Hall–Kier alpha value is -1.85. The Morgan fingerprint density at radius 1 is 1.15 bits per heavy atom. The van der Waals surface area contributed by atoms with Gasteiger partial charge in [-0.1, -0.05) is 24.4 Å². The molecular weight excluding hydrogens is 342 g/mol. The van der Waals surface area contributed by atoms with Crippen LogP contribution in [0, 0.1) is 25.2 Å². The predicted molar refractivity (Wildman–Crippen MR) is 101 cm³/mol. The van der Waals surface area contributed by atoms with Crippen LogP contribution in [-0.2, 0) is 4.79 Å². The van der Waals surface area contributed by atoms with Crippen LogP contribution in [0.3, 0.4) is 0 Å². The molecule has 27 heavy (non-hydrogen) atoms. The maximum atomic E-state index is 13.4. The fourth-order valence-electron chi connectivity index (χ4n) is 5.38. The number of nitrogens with zero attached hydrogens (tertiary/aromatic N) is 3. The Bertz CT molecular complexity index is 703. The van der Waals surface area contributed by atoms with E-state index in [9.17, 15) is 9.59 Å². The fourth-order valence-corrected chi connectivity index (χ4v) is 5.38. The van der Waals surface area contributed by atoms with E-state index in [4.69, 9.17) is 4.52 Å². The van der Waals surface area contributed by atoms with Crippen LogP contribution in [0.5, 0.6) is 0 Å². The highest BCUT2D eigenvalue weighted by molar-refractivity contribution is 5.97. The molecule has 0 aromatic carbocycles. The molecular formula is C21H31N3O3. The molecule has 1 saturated carbocycles. The third kappa shape index (κ3) is 3.39. The summed E-state index contributed by atoms with van der Waals surface area (Å²) in [5.74, 6) is 1.47. The average Bonchev–Trinajstić information content (AvgIpc) is 3.24. The van der Waals surface area contributed by atoms with E-state index in [2.05, 4.69) is 10.1 Å². The average molecular weight is 373 g/mol. The van der Waals surface area contributed by atoms with Crippen LogP contribution < -0.4 is 0 Å². The monoisotopic (exact) mass is 373 g/mol. The molecule has 6 nitrogen and oxygen atoms in total. The van der Waals surface area contributed by atoms with E-state index < -0.39 is 0 Å². The first kappa shape index (κ1) is 18.5. The summed E-state index contributed by atoms with van der Waals surface area (Å²) in [5.41, 5.74) is 0.823. The van der Waals surface area contributed by atoms with Crippen molar-refractivity contribution >= 4 is 11.8 Å². The number of rotatable bonds is 3. The second kappa shape index (κ2) is 7.28. The molecule has 0 N–H and O–H groups in total. The summed E-state index contributed by atoms with van der Waals surface area (Å²) in [6.07, 6.45) is 9.19. The molecule has 1 atom stereocenters. The Kier molecular flexibility index (Phi) is 4.99. The second-order valence-electron chi connectivity index (χ2n) is 8.81. The lowest BCUT2D eigenvalue weighted by Crippen LogP contribution is -2.51. The van der Waals surface area contributed by atoms with Gasteiger partial charge in [-0.15, -0.1) is 0 Å². The number of carbonyl (C=O) groups is 2. The SMILES string of the molecule is Cc1noc(C)c1C(=O)N1CC[C@]2(CCCN(CC3CCCCC3)C2=O)C1. The van der Waals surface area contributed by atoms with Gasteiger partial charge in [-0.05, 0) is 51.9 Å². The number of amides is 2. The van der Waals surface area contributed by atoms with E-state index in [1.807, 2.05) is 4.90 Å². The summed E-state index contributed by atoms with van der Waals surface area (Å²) in [6, 6.07) is 0. The van der Waals surface area contributed by atoms with Crippen molar-refractivity contribution in [2.45, 2.75) is 65.2 Å². The molecule has 1 aliphatic carbocycles. The van der Waals surface area contributed by atoms with Crippen LogP contribution in [0.25, 0.3) is 0 Å². The molecule has 2 saturated heterocycles. The zero-order valence-corrected chi connectivity index (χ0v) is 16.6. The van der Waals surface area contributed by atoms with Gasteiger partial charge in [0.25, 0.3) is 5.91 Å². The van der Waals surface area contributed by atoms with Crippen molar-refractivity contribution in [3.63, 3.8) is 0 Å². The van der Waals surface area contributed by atoms with Crippen LogP contribution in [0.1, 0.15) is 73.2 Å². The fraction of sp³-hybridized carbons (Fsp3) is 0.762. The number of hydrogen-bond acceptors (Lipinski definition) is 4. The summed E-state index contributed by atoms with van der Waals surface area (Å²) in [4.78, 5) is 30.3. The summed E-state index contributed by atoms with van der Waals surface area (Å²) in [6.45, 7) is 6.55. The minimum atomic E-state index is -0.373. The highest BCUT2D eigenvalue weighted by atomic mass is 16.5. The van der Waals surface area contributed by atoms with Gasteiger partial charge in [-0.3, -0.25) is 9.59 Å². The second-order valence-corrected chi connectivity index (χ2v) is 8.81. The minimum absolute atomic E-state index is 0.0414. The number of likely N-dealkylation sites (tertiary alicyclic amines) is 2. The number of aromatic nitrogens is 1. The summed E-state index contributed by atoms with van der Waals surface area (Å²) in [7, 11) is 0. The van der Waals surface area contributed by atoms with Gasteiger partial charge in [0, 0.05) is 26.2 Å². The van der Waals surface area contributed by atoms with E-state index in [0.29, 0.717) is 36.0 Å². The first-order valence-corrected chi connectivity index (χ1v) is 10.5. The smallest absolute Gasteiger partial charge is 0.259 e. The molecule has 2 amide bonds. The predicted octanol–water partition coefficient (Wildman–Crippen LogP) is 3.33. The Morgan fingerprint density at radius 3 is 2.63 bits per heavy atom. The molecule has 0 radical (unpaired) electrons. The van der Waals surface area contributed by atoms with Crippen molar-refractivity contribution in [3.8, 4) is 0 Å². The molecule has 148 valence electrons. The molecule has 3 aliphatic rings. The maximum Gasteiger partial charge on any atom is 0.259 e. The number of piperidine rings is 1. The normalized spacial score (nSPS) is 27.0. The minimum Gasteiger partial charge on any atom is -0.361 e. The third-order valence-electron chi connectivity index (χ3n) is 6.92. The van der Waals surface area contributed by atoms with Gasteiger partial charge >= 0.3 is 0 Å². The van der Waals surface area contributed by atoms with Gasteiger partial charge in [-0.2, -0.15) is 0 Å². The molecule has 6 heteroatoms. The van der Waals surface area contributed by atoms with Crippen LogP contribution in [0.4, 0.5) is 0 Å². The van der Waals surface area contributed by atoms with Crippen molar-refractivity contribution in [2.24, 2.45) is 11.3 Å². The largest absolute Gasteiger partial charge is 0.361 e. The highest BCUT2D eigenvalue weighted by Crippen LogP contribution is 2.41. The van der Waals surface area contributed by atoms with Crippen molar-refractivity contribution in [1.29, 1.82) is 0 Å². The number of aryl methyl sites for hydroxylation is 2. The summed E-state index contributed by atoms with van der Waals surface area (Å²) >= 11 is 0. The van der Waals surface area contributed by atoms with E-state index in [-0.39, 0.29) is 17.2 Å². The van der Waals surface area contributed by atoms with Crippen LogP contribution in [-0.4, -0.2) is 52.9 Å². The number of hydrogen-bond donors (Lipinski definition) is 0. The standard InChI is InChI=1S/C21H31N3O3/c1-15-18(16(2)27-22-15)19(25)24-12-10-21(14-24)9-6-11-23(20(21)26)13-17-7-4-3-5-8-17/h17H,3-14H2,1-2H3/t21-/m1/s1. The Balaban J connectivity index is 1.45. The third-order valence-corrected chi connectivity index (χ3v) is 6.92. The van der Waals surface area contributed by atoms with Gasteiger partial charge < -0.3 is 14.3 Å². The van der Waals surface area contributed by atoms with Crippen LogP contribution in [0.15, 0.2) is 4.52 Å². The molecule has 1 aromatic rings. The van der Waals surface area contributed by atoms with Crippen LogP contribution >= 0.6 is 0 Å². The molecule has 4 rings (SSSR count). The van der Waals surface area contributed by atoms with E-state index in [0.717, 1.165) is 32.4 Å². The molecule has 1 spiro atoms. The molecule has 2 aliphatic heterocycles. The highest BCUT2D eigenvalue weighted by Gasteiger charge is 2.50. The van der Waals surface area contributed by atoms with Crippen molar-refractivity contribution < 1.29 is 14.1 Å². The quantitative estimate of drug-likeness (QED) is 0.815. The first-order valence-electron chi connectivity index (χ1n) is 10.5. The van der Waals surface area contributed by atoms with Crippen LogP contribution in [0.2, 0.25) is 0 Å². The lowest BCUT2D eigenvalue weighted by molar-refractivity contribution is -0.146. The zero-order valence-electron chi connectivity index (χ0n) is 16.6. The van der Waals surface area contributed by atoms with E-state index >= 15 is 0 Å². The van der Waals surface area contributed by atoms with Crippen molar-refractivity contribution in [2.75, 3.05) is 26.2 Å². The van der Waals surface area contributed by atoms with E-state index in [1.54, 1.807) is 13.8 Å². The topological polar surface area (TPSA) is 66.7 Å². The van der Waals surface area contributed by atoms with Gasteiger partial charge in [0.05, 0.1) is 11.1 Å². The van der Waals surface area contributed by atoms with Gasteiger partial charge in [-0.25, -0.2) is 0 Å². The molecule has 3 fully saturated rings. The summed E-state index contributed by atoms with van der Waals surface area (Å²) < 4.78 is 5.16. The van der Waals surface area contributed by atoms with Crippen molar-refractivity contribution in [1.82, 2.24) is 15.0 Å². The molecule has 0 unspecified atom stereocenters. The van der Waals surface area contributed by atoms with Gasteiger partial charge in [0.2, 0.25) is 5.91 Å². The van der Waals surface area contributed by atoms with Gasteiger partial charge in [0.1, 0.15) is 11.3 Å². The lowest BCUT2D eigenvalue weighted by Gasteiger charge is -2.41. The zero-order chi connectivity index (χ0) is 19.0. The van der Waals surface area contributed by atoms with Gasteiger partial charge in [0.15, 0.2) is 0 Å². The lowest BCUT2D eigenvalue weighted by atomic mass is 9.77.